The molecule has 1 saturated heterocycles. The number of hydrogen-bond donors (Lipinski definition) is 1. The van der Waals surface area contributed by atoms with Crippen LogP contribution in [0.25, 0.3) is 0 Å². The van der Waals surface area contributed by atoms with Gasteiger partial charge in [-0.3, -0.25) is 4.79 Å². The summed E-state index contributed by atoms with van der Waals surface area (Å²) in [7, 11) is 4.00. The Balaban J connectivity index is 2.69. The number of rotatable bonds is 4. The quantitative estimate of drug-likeness (QED) is 0.793. The summed E-state index contributed by atoms with van der Waals surface area (Å²) in [5.74, 6) is 0.564. The maximum Gasteiger partial charge on any atom is 0.226 e. The fraction of sp³-hybridized carbons (Fsp3) is 0.923. The van der Waals surface area contributed by atoms with Crippen molar-refractivity contribution in [1.29, 1.82) is 0 Å². The standard InChI is InChI=1S/C13H26N2O2/c1-9(2)10(3)13(17)15-8-12(16)6-11(15)7-14(4)5/h9-12,16H,6-8H2,1-5H3. The number of likely N-dealkylation sites (N-methyl/N-ethyl adjacent to an activating group) is 1. The smallest absolute Gasteiger partial charge is 0.226 e. The summed E-state index contributed by atoms with van der Waals surface area (Å²) in [4.78, 5) is 16.3. The molecular formula is C13H26N2O2. The predicted octanol–water partition coefficient (Wildman–Crippen LogP) is 0.802. The minimum absolute atomic E-state index is 0.0324. The molecule has 1 rings (SSSR count). The van der Waals surface area contributed by atoms with E-state index in [4.69, 9.17) is 0 Å². The van der Waals surface area contributed by atoms with Gasteiger partial charge in [0.15, 0.2) is 0 Å². The van der Waals surface area contributed by atoms with Gasteiger partial charge in [-0.05, 0) is 26.4 Å². The number of hydrogen-bond acceptors (Lipinski definition) is 3. The largest absolute Gasteiger partial charge is 0.391 e. The van der Waals surface area contributed by atoms with Crippen molar-refractivity contribution >= 4 is 5.91 Å². The Morgan fingerprint density at radius 2 is 2.00 bits per heavy atom. The Bertz CT molecular complexity index is 266. The lowest BCUT2D eigenvalue weighted by atomic mass is 9.96. The van der Waals surface area contributed by atoms with Gasteiger partial charge in [-0.25, -0.2) is 0 Å². The van der Waals surface area contributed by atoms with E-state index in [9.17, 15) is 9.90 Å². The minimum atomic E-state index is -0.358. The summed E-state index contributed by atoms with van der Waals surface area (Å²) in [6.07, 6.45) is 0.345. The third-order valence-corrected chi connectivity index (χ3v) is 3.64. The second-order valence-electron chi connectivity index (χ2n) is 5.83. The molecule has 0 aromatic rings. The van der Waals surface area contributed by atoms with Gasteiger partial charge in [0.25, 0.3) is 0 Å². The van der Waals surface area contributed by atoms with Crippen LogP contribution in [0.2, 0.25) is 0 Å². The molecule has 4 nitrogen and oxygen atoms in total. The van der Waals surface area contributed by atoms with E-state index in [0.29, 0.717) is 18.9 Å². The molecule has 0 aliphatic carbocycles. The van der Waals surface area contributed by atoms with Crippen molar-refractivity contribution in [3.63, 3.8) is 0 Å². The van der Waals surface area contributed by atoms with Crippen LogP contribution in [-0.2, 0) is 4.79 Å². The third kappa shape index (κ3) is 3.68. The molecule has 0 aromatic carbocycles. The van der Waals surface area contributed by atoms with Gasteiger partial charge in [-0.15, -0.1) is 0 Å². The van der Waals surface area contributed by atoms with E-state index >= 15 is 0 Å². The summed E-state index contributed by atoms with van der Waals surface area (Å²) in [5.41, 5.74) is 0. The van der Waals surface area contributed by atoms with Gasteiger partial charge in [0.2, 0.25) is 5.91 Å². The van der Waals surface area contributed by atoms with Crippen LogP contribution >= 0.6 is 0 Å². The highest BCUT2D eigenvalue weighted by Gasteiger charge is 2.36. The molecule has 0 aromatic heterocycles. The van der Waals surface area contributed by atoms with Crippen LogP contribution in [-0.4, -0.2) is 60.1 Å². The fourth-order valence-corrected chi connectivity index (χ4v) is 2.30. The SMILES string of the molecule is CC(C)C(C)C(=O)N1CC(O)CC1CN(C)C. The van der Waals surface area contributed by atoms with Gasteiger partial charge in [0.1, 0.15) is 0 Å². The second kappa shape index (κ2) is 5.83. The minimum Gasteiger partial charge on any atom is -0.391 e. The molecule has 1 amide bonds. The van der Waals surface area contributed by atoms with Gasteiger partial charge in [-0.1, -0.05) is 20.8 Å². The highest BCUT2D eigenvalue weighted by molar-refractivity contribution is 5.79. The van der Waals surface area contributed by atoms with Gasteiger partial charge in [0, 0.05) is 25.0 Å². The molecule has 100 valence electrons. The molecule has 1 N–H and O–H groups in total. The number of aliphatic hydroxyl groups excluding tert-OH is 1. The number of β-amino-alcohol motifs (C(OH)–C–C–N with tert-alkyl or cyclic N) is 1. The van der Waals surface area contributed by atoms with E-state index < -0.39 is 0 Å². The first-order valence-electron chi connectivity index (χ1n) is 6.46. The van der Waals surface area contributed by atoms with Crippen LogP contribution < -0.4 is 0 Å². The van der Waals surface area contributed by atoms with Crippen LogP contribution in [0.15, 0.2) is 0 Å². The van der Waals surface area contributed by atoms with Crippen molar-refractivity contribution in [3.05, 3.63) is 0 Å². The van der Waals surface area contributed by atoms with Crippen molar-refractivity contribution in [3.8, 4) is 0 Å². The fourth-order valence-electron chi connectivity index (χ4n) is 2.30. The van der Waals surface area contributed by atoms with E-state index in [1.54, 1.807) is 0 Å². The topological polar surface area (TPSA) is 43.8 Å². The average molecular weight is 242 g/mol. The van der Waals surface area contributed by atoms with Gasteiger partial charge in [-0.2, -0.15) is 0 Å². The highest BCUT2D eigenvalue weighted by atomic mass is 16.3. The maximum absolute atomic E-state index is 12.3. The normalized spacial score (nSPS) is 26.9. The molecule has 3 unspecified atom stereocenters. The van der Waals surface area contributed by atoms with Crippen LogP contribution in [0, 0.1) is 11.8 Å². The van der Waals surface area contributed by atoms with Gasteiger partial charge < -0.3 is 14.9 Å². The summed E-state index contributed by atoms with van der Waals surface area (Å²) in [5, 5.41) is 9.74. The molecule has 0 spiro atoms. The van der Waals surface area contributed by atoms with E-state index in [2.05, 4.69) is 18.7 Å². The van der Waals surface area contributed by atoms with Crippen molar-refractivity contribution in [2.45, 2.75) is 39.3 Å². The van der Waals surface area contributed by atoms with E-state index in [1.165, 1.54) is 0 Å². The molecule has 1 aliphatic rings. The Morgan fingerprint density at radius 1 is 1.41 bits per heavy atom. The maximum atomic E-state index is 12.3. The van der Waals surface area contributed by atoms with Crippen molar-refractivity contribution in [1.82, 2.24) is 9.80 Å². The predicted molar refractivity (Wildman–Crippen MR) is 68.7 cm³/mol. The summed E-state index contributed by atoms with van der Waals surface area (Å²) in [6, 6.07) is 0.161. The van der Waals surface area contributed by atoms with Gasteiger partial charge in [0.05, 0.1) is 6.10 Å². The molecule has 0 bridgehead atoms. The number of likely N-dealkylation sites (tertiary alicyclic amines) is 1. The molecule has 4 heteroatoms. The van der Waals surface area contributed by atoms with Gasteiger partial charge >= 0.3 is 0 Å². The molecule has 1 aliphatic heterocycles. The molecule has 1 heterocycles. The number of amides is 1. The first-order valence-corrected chi connectivity index (χ1v) is 6.46. The van der Waals surface area contributed by atoms with E-state index in [-0.39, 0.29) is 24.0 Å². The summed E-state index contributed by atoms with van der Waals surface area (Å²) < 4.78 is 0. The second-order valence-corrected chi connectivity index (χ2v) is 5.83. The first-order chi connectivity index (χ1) is 7.82. The monoisotopic (exact) mass is 242 g/mol. The number of carbonyl (C=O) groups excluding carboxylic acids is 1. The van der Waals surface area contributed by atoms with Crippen LogP contribution in [0.3, 0.4) is 0 Å². The zero-order valence-electron chi connectivity index (χ0n) is 11.7. The van der Waals surface area contributed by atoms with Crippen LogP contribution in [0.1, 0.15) is 27.2 Å². The summed E-state index contributed by atoms with van der Waals surface area (Å²) in [6.45, 7) is 7.43. The Morgan fingerprint density at radius 3 is 2.47 bits per heavy atom. The lowest BCUT2D eigenvalue weighted by molar-refractivity contribution is -0.137. The zero-order chi connectivity index (χ0) is 13.2. The van der Waals surface area contributed by atoms with Crippen LogP contribution in [0.5, 0.6) is 0 Å². The molecule has 1 fully saturated rings. The molecular weight excluding hydrogens is 216 g/mol. The molecule has 0 radical (unpaired) electrons. The van der Waals surface area contributed by atoms with Crippen molar-refractivity contribution in [2.75, 3.05) is 27.2 Å². The molecule has 0 saturated carbocycles. The Kier molecular flexibility index (Phi) is 4.95. The number of aliphatic hydroxyl groups is 1. The van der Waals surface area contributed by atoms with Crippen molar-refractivity contribution < 1.29 is 9.90 Å². The third-order valence-electron chi connectivity index (χ3n) is 3.64. The first kappa shape index (κ1) is 14.5. The zero-order valence-corrected chi connectivity index (χ0v) is 11.7. The lowest BCUT2D eigenvalue weighted by Gasteiger charge is -2.30. The van der Waals surface area contributed by atoms with E-state index in [0.717, 1.165) is 6.54 Å². The Labute approximate surface area is 105 Å². The summed E-state index contributed by atoms with van der Waals surface area (Å²) >= 11 is 0. The van der Waals surface area contributed by atoms with Crippen molar-refractivity contribution in [2.24, 2.45) is 11.8 Å². The molecule has 3 atom stereocenters. The average Bonchev–Trinajstić information content (AvgIpc) is 2.56. The Hall–Kier alpha value is -0.610. The molecule has 17 heavy (non-hydrogen) atoms. The van der Waals surface area contributed by atoms with E-state index in [1.807, 2.05) is 25.9 Å². The highest BCUT2D eigenvalue weighted by Crippen LogP contribution is 2.23. The lowest BCUT2D eigenvalue weighted by Crippen LogP contribution is -2.44. The van der Waals surface area contributed by atoms with Crippen LogP contribution in [0.4, 0.5) is 0 Å². The number of nitrogens with zero attached hydrogens (tertiary/aromatic N) is 2. The number of carbonyl (C=O) groups is 1.